The Hall–Kier alpha value is -4.74. The van der Waals surface area contributed by atoms with E-state index in [0.29, 0.717) is 15.8 Å². The van der Waals surface area contributed by atoms with Crippen LogP contribution in [0.15, 0.2) is 84.0 Å². The van der Waals surface area contributed by atoms with Gasteiger partial charge >= 0.3 is 5.97 Å². The molecule has 4 amide bonds. The summed E-state index contributed by atoms with van der Waals surface area (Å²) >= 11 is 25.2. The van der Waals surface area contributed by atoms with Crippen LogP contribution in [0, 0.1) is 5.92 Å². The quantitative estimate of drug-likeness (QED) is 0.0290. The smallest absolute Gasteiger partial charge is 0.343 e. The van der Waals surface area contributed by atoms with Crippen molar-refractivity contribution in [3.05, 3.63) is 110 Å². The van der Waals surface area contributed by atoms with Crippen molar-refractivity contribution in [2.45, 2.75) is 116 Å². The number of carbonyl (C=O) groups is 5. The normalized spacial score (nSPS) is 15.3. The number of allylic oxidation sites excluding steroid dienone is 1. The second-order valence-corrected chi connectivity index (χ2v) is 17.7. The summed E-state index contributed by atoms with van der Waals surface area (Å²) in [4.78, 5) is 67.6. The number of imide groups is 3. The predicted molar refractivity (Wildman–Crippen MR) is 253 cm³/mol. The number of unbranched alkanes of at least 4 members (excludes halogenated alkanes) is 14. The summed E-state index contributed by atoms with van der Waals surface area (Å²) in [6.07, 6.45) is 22.3. The van der Waals surface area contributed by atoms with Gasteiger partial charge in [0.25, 0.3) is 11.8 Å². The molecule has 0 bridgehead atoms. The standard InChI is InChI=1S/C49H52Cl4N4O6/c1-2-3-4-5-6-7-8-9-10-11-12-13-14-15-16-17-20-32-28-44(58)56(47(32)60)48(61)37-24-26-42(36-22-19-18-21-35(36)37)63-49(62)33-23-25-38(51)41(27-33)54-43-31-45(59)57(55-43)46-39(52)29-34(50)30-40(46)53/h17-27,29-30,32H,2-16,28,31H2,1H3,(H,54,55)/b20-17+. The maximum atomic E-state index is 13.9. The number of amidine groups is 1. The number of halogens is 4. The van der Waals surface area contributed by atoms with E-state index < -0.39 is 35.5 Å². The minimum absolute atomic E-state index is 0.0711. The maximum Gasteiger partial charge on any atom is 0.343 e. The van der Waals surface area contributed by atoms with Crippen molar-refractivity contribution in [2.24, 2.45) is 11.0 Å². The van der Waals surface area contributed by atoms with E-state index in [1.54, 1.807) is 30.3 Å². The Morgan fingerprint density at radius 3 is 2.02 bits per heavy atom. The van der Waals surface area contributed by atoms with Crippen molar-refractivity contribution in [1.82, 2.24) is 4.90 Å². The third-order valence-corrected chi connectivity index (χ3v) is 12.4. The first-order valence-corrected chi connectivity index (χ1v) is 23.4. The second-order valence-electron chi connectivity index (χ2n) is 16.0. The van der Waals surface area contributed by atoms with Gasteiger partial charge in [0.05, 0.1) is 38.7 Å². The molecule has 6 rings (SSSR count). The highest BCUT2D eigenvalue weighted by atomic mass is 35.5. The first-order valence-electron chi connectivity index (χ1n) is 21.9. The highest BCUT2D eigenvalue weighted by Gasteiger charge is 2.42. The summed E-state index contributed by atoms with van der Waals surface area (Å²) in [5.74, 6) is -3.31. The van der Waals surface area contributed by atoms with Crippen molar-refractivity contribution in [2.75, 3.05) is 10.3 Å². The highest BCUT2D eigenvalue weighted by molar-refractivity contribution is 6.43. The number of nitrogens with zero attached hydrogens (tertiary/aromatic N) is 3. The third-order valence-electron chi connectivity index (χ3n) is 11.2. The molecule has 4 aromatic rings. The first-order chi connectivity index (χ1) is 30.5. The number of amides is 4. The summed E-state index contributed by atoms with van der Waals surface area (Å²) in [6, 6.07) is 17.0. The molecular weight excluding hydrogens is 882 g/mol. The van der Waals surface area contributed by atoms with Crippen LogP contribution in [0.5, 0.6) is 5.75 Å². The number of hydrogen-bond donors (Lipinski definition) is 1. The monoisotopic (exact) mass is 932 g/mol. The van der Waals surface area contributed by atoms with Crippen LogP contribution < -0.4 is 15.1 Å². The summed E-state index contributed by atoms with van der Waals surface area (Å²) in [6.45, 7) is 2.25. The third kappa shape index (κ3) is 12.5. The Bertz CT molecular complexity index is 2380. The van der Waals surface area contributed by atoms with Crippen molar-refractivity contribution < 1.29 is 28.7 Å². The number of nitrogens with one attached hydrogen (secondary N) is 1. The topological polar surface area (TPSA) is 125 Å². The van der Waals surface area contributed by atoms with Crippen LogP contribution in [-0.2, 0) is 14.4 Å². The van der Waals surface area contributed by atoms with E-state index in [9.17, 15) is 24.0 Å². The molecule has 4 aromatic carbocycles. The maximum absolute atomic E-state index is 13.9. The molecule has 0 aromatic heterocycles. The van der Waals surface area contributed by atoms with Gasteiger partial charge in [-0.25, -0.2) is 9.69 Å². The van der Waals surface area contributed by atoms with Crippen molar-refractivity contribution >= 4 is 104 Å². The minimum Gasteiger partial charge on any atom is -0.422 e. The van der Waals surface area contributed by atoms with Gasteiger partial charge in [0.2, 0.25) is 11.8 Å². The zero-order valence-electron chi connectivity index (χ0n) is 35.4. The van der Waals surface area contributed by atoms with E-state index in [4.69, 9.17) is 51.1 Å². The summed E-state index contributed by atoms with van der Waals surface area (Å²) in [7, 11) is 0. The fourth-order valence-electron chi connectivity index (χ4n) is 7.88. The van der Waals surface area contributed by atoms with E-state index >= 15 is 0 Å². The van der Waals surface area contributed by atoms with E-state index in [1.165, 1.54) is 120 Å². The lowest BCUT2D eigenvalue weighted by atomic mass is 10.0. The number of benzene rings is 4. The van der Waals surface area contributed by atoms with Crippen LogP contribution in [0.25, 0.3) is 10.8 Å². The zero-order chi connectivity index (χ0) is 44.9. The molecule has 1 saturated heterocycles. The Morgan fingerprint density at radius 1 is 0.746 bits per heavy atom. The van der Waals surface area contributed by atoms with Crippen LogP contribution >= 0.6 is 46.4 Å². The average Bonchev–Trinajstić information content (AvgIpc) is 3.76. The van der Waals surface area contributed by atoms with Crippen LogP contribution in [0.4, 0.5) is 11.4 Å². The molecular formula is C49H52Cl4N4O6. The molecule has 1 fully saturated rings. The van der Waals surface area contributed by atoms with Gasteiger partial charge in [-0.3, -0.25) is 19.2 Å². The average molecular weight is 935 g/mol. The zero-order valence-corrected chi connectivity index (χ0v) is 38.4. The Morgan fingerprint density at radius 2 is 1.37 bits per heavy atom. The molecule has 0 spiro atoms. The fourth-order valence-corrected chi connectivity index (χ4v) is 9.02. The number of fused-ring (bicyclic) bond motifs is 1. The highest BCUT2D eigenvalue weighted by Crippen LogP contribution is 2.39. The van der Waals surface area contributed by atoms with Gasteiger partial charge < -0.3 is 10.1 Å². The fraction of sp³-hybridized carbons (Fsp3) is 0.388. The van der Waals surface area contributed by atoms with Gasteiger partial charge in [-0.1, -0.05) is 173 Å². The lowest BCUT2D eigenvalue weighted by Crippen LogP contribution is -2.36. The largest absolute Gasteiger partial charge is 0.422 e. The molecule has 332 valence electrons. The molecule has 2 heterocycles. The number of hydrogen-bond acceptors (Lipinski definition) is 8. The molecule has 1 atom stereocenters. The van der Waals surface area contributed by atoms with Crippen molar-refractivity contribution in [3.63, 3.8) is 0 Å². The molecule has 1 N–H and O–H groups in total. The molecule has 1 unspecified atom stereocenters. The van der Waals surface area contributed by atoms with Gasteiger partial charge in [-0.05, 0) is 60.7 Å². The number of rotatable bonds is 21. The SMILES string of the molecule is CCCCCCCCCCCCCCCC/C=C/C1CC(=O)N(C(=O)c2ccc(OC(=O)c3ccc(Cl)c(NC4=NN(c5c(Cl)cc(Cl)cc5Cl)C(=O)C4)c3)c3ccccc23)C1=O. The Balaban J connectivity index is 1.02. The molecule has 10 nitrogen and oxygen atoms in total. The lowest BCUT2D eigenvalue weighted by molar-refractivity contribution is -0.135. The van der Waals surface area contributed by atoms with Crippen LogP contribution in [0.2, 0.25) is 20.1 Å². The van der Waals surface area contributed by atoms with Crippen LogP contribution in [0.1, 0.15) is 137 Å². The van der Waals surface area contributed by atoms with E-state index in [0.717, 1.165) is 29.2 Å². The Kier molecular flexibility index (Phi) is 17.6. The number of anilines is 2. The van der Waals surface area contributed by atoms with Crippen LogP contribution in [-0.4, -0.2) is 40.3 Å². The van der Waals surface area contributed by atoms with Gasteiger partial charge in [-0.2, -0.15) is 10.1 Å². The van der Waals surface area contributed by atoms with E-state index in [2.05, 4.69) is 17.3 Å². The molecule has 0 saturated carbocycles. The Labute approximate surface area is 388 Å². The first kappa shape index (κ1) is 47.7. The second kappa shape index (κ2) is 23.3. The number of hydrazone groups is 1. The minimum atomic E-state index is -0.738. The number of esters is 1. The summed E-state index contributed by atoms with van der Waals surface area (Å²) < 4.78 is 5.84. The van der Waals surface area contributed by atoms with E-state index in [-0.39, 0.29) is 62.0 Å². The van der Waals surface area contributed by atoms with Crippen molar-refractivity contribution in [3.8, 4) is 5.75 Å². The molecule has 14 heteroatoms. The van der Waals surface area contributed by atoms with Gasteiger partial charge in [0, 0.05) is 22.4 Å². The molecule has 0 aliphatic carbocycles. The number of carbonyl (C=O) groups excluding carboxylic acids is 5. The lowest BCUT2D eigenvalue weighted by Gasteiger charge is -2.16. The van der Waals surface area contributed by atoms with Gasteiger partial charge in [0.15, 0.2) is 0 Å². The van der Waals surface area contributed by atoms with Crippen LogP contribution in [0.3, 0.4) is 0 Å². The molecule has 2 aliphatic rings. The van der Waals surface area contributed by atoms with Crippen molar-refractivity contribution in [1.29, 1.82) is 0 Å². The van der Waals surface area contributed by atoms with Gasteiger partial charge in [0.1, 0.15) is 17.3 Å². The molecule has 63 heavy (non-hydrogen) atoms. The number of likely N-dealkylation sites (tertiary alicyclic amines) is 1. The predicted octanol–water partition coefficient (Wildman–Crippen LogP) is 13.8. The summed E-state index contributed by atoms with van der Waals surface area (Å²) in [5, 5.41) is 10.1. The van der Waals surface area contributed by atoms with E-state index in [1.807, 2.05) is 6.08 Å². The molecule has 0 radical (unpaired) electrons. The number of ether oxygens (including phenoxy) is 1. The summed E-state index contributed by atoms with van der Waals surface area (Å²) in [5.41, 5.74) is 0.697. The van der Waals surface area contributed by atoms with Gasteiger partial charge in [-0.15, -0.1) is 0 Å². The molecule has 2 aliphatic heterocycles.